The number of aliphatic hydroxyl groups is 1. The number of rotatable bonds is 5. The number of alkyl halides is 3. The van der Waals surface area contributed by atoms with E-state index in [1.165, 1.54) is 0 Å². The second-order valence-electron chi connectivity index (χ2n) is 4.41. The predicted octanol–water partition coefficient (Wildman–Crippen LogP) is 0.369. The Morgan fingerprint density at radius 3 is 2.32 bits per heavy atom. The highest BCUT2D eigenvalue weighted by molar-refractivity contribution is 5.76. The second kappa shape index (κ2) is 6.09. The number of aliphatic hydroxyl groups excluding tert-OH is 1. The van der Waals surface area contributed by atoms with Crippen LogP contribution in [0.3, 0.4) is 0 Å². The molecule has 1 saturated heterocycles. The summed E-state index contributed by atoms with van der Waals surface area (Å²) in [6.45, 7) is -2.13. The van der Waals surface area contributed by atoms with Gasteiger partial charge >= 0.3 is 18.2 Å². The Bertz CT molecular complexity index is 342. The first-order valence-electron chi connectivity index (χ1n) is 5.66. The number of aliphatic carboxylic acids is 1. The van der Waals surface area contributed by atoms with E-state index >= 15 is 0 Å². The third-order valence-electron chi connectivity index (χ3n) is 2.70. The van der Waals surface area contributed by atoms with Crippen molar-refractivity contribution in [1.82, 2.24) is 9.80 Å². The number of nitrogens with zero attached hydrogens (tertiary/aromatic N) is 2. The third kappa shape index (κ3) is 4.93. The molecule has 0 radical (unpaired) electrons. The van der Waals surface area contributed by atoms with Crippen molar-refractivity contribution < 1.29 is 33.0 Å². The van der Waals surface area contributed by atoms with Gasteiger partial charge in [-0.3, -0.25) is 4.79 Å². The molecule has 0 aromatic carbocycles. The van der Waals surface area contributed by atoms with Crippen LogP contribution < -0.4 is 0 Å². The number of urea groups is 1. The van der Waals surface area contributed by atoms with E-state index in [0.29, 0.717) is 4.90 Å². The van der Waals surface area contributed by atoms with Crippen LogP contribution >= 0.6 is 0 Å². The Labute approximate surface area is 107 Å². The average Bonchev–Trinajstić information content (AvgIpc) is 2.19. The highest BCUT2D eigenvalue weighted by Crippen LogP contribution is 2.23. The summed E-state index contributed by atoms with van der Waals surface area (Å²) >= 11 is 0. The van der Waals surface area contributed by atoms with Gasteiger partial charge in [0.25, 0.3) is 0 Å². The fourth-order valence-corrected chi connectivity index (χ4v) is 1.88. The predicted molar refractivity (Wildman–Crippen MR) is 57.4 cm³/mol. The second-order valence-corrected chi connectivity index (χ2v) is 4.41. The van der Waals surface area contributed by atoms with Crippen molar-refractivity contribution in [1.29, 1.82) is 0 Å². The Morgan fingerprint density at radius 2 is 1.89 bits per heavy atom. The summed E-state index contributed by atoms with van der Waals surface area (Å²) in [6, 6.07) is -0.826. The fourth-order valence-electron chi connectivity index (χ4n) is 1.88. The van der Waals surface area contributed by atoms with Gasteiger partial charge in [-0.25, -0.2) is 4.79 Å². The standard InChI is InChI=1S/C10H15F3N2O4/c11-10(12,13)6-14(1-2-16)9(19)15-4-7(5-15)3-8(17)18/h7,16H,1-6H2,(H,17,18). The van der Waals surface area contributed by atoms with E-state index in [0.717, 1.165) is 4.90 Å². The lowest BCUT2D eigenvalue weighted by Gasteiger charge is -2.41. The van der Waals surface area contributed by atoms with Crippen LogP contribution in [-0.4, -0.2) is 71.0 Å². The number of carboxylic acids is 1. The van der Waals surface area contributed by atoms with Crippen LogP contribution in [0.4, 0.5) is 18.0 Å². The molecule has 1 heterocycles. The fraction of sp³-hybridized carbons (Fsp3) is 0.800. The number of halogens is 3. The summed E-state index contributed by atoms with van der Waals surface area (Å²) in [4.78, 5) is 23.8. The van der Waals surface area contributed by atoms with E-state index in [1.807, 2.05) is 0 Å². The van der Waals surface area contributed by atoms with Crippen LogP contribution in [0.15, 0.2) is 0 Å². The van der Waals surface area contributed by atoms with E-state index in [1.54, 1.807) is 0 Å². The summed E-state index contributed by atoms with van der Waals surface area (Å²) < 4.78 is 36.8. The van der Waals surface area contributed by atoms with Crippen LogP contribution in [0.25, 0.3) is 0 Å². The molecule has 0 aromatic heterocycles. The zero-order chi connectivity index (χ0) is 14.6. The van der Waals surface area contributed by atoms with Gasteiger partial charge in [0.15, 0.2) is 0 Å². The Morgan fingerprint density at radius 1 is 1.32 bits per heavy atom. The molecule has 19 heavy (non-hydrogen) atoms. The number of hydrogen-bond acceptors (Lipinski definition) is 3. The van der Waals surface area contributed by atoms with E-state index in [9.17, 15) is 22.8 Å². The molecule has 2 N–H and O–H groups in total. The molecule has 0 saturated carbocycles. The lowest BCUT2D eigenvalue weighted by Crippen LogP contribution is -2.57. The minimum Gasteiger partial charge on any atom is -0.481 e. The molecule has 0 spiro atoms. The molecule has 0 atom stereocenters. The molecule has 9 heteroatoms. The molecule has 0 unspecified atom stereocenters. The summed E-state index contributed by atoms with van der Waals surface area (Å²) in [5.74, 6) is -1.22. The van der Waals surface area contributed by atoms with Gasteiger partial charge in [-0.05, 0) is 0 Å². The average molecular weight is 284 g/mol. The molecular formula is C10H15F3N2O4. The smallest absolute Gasteiger partial charge is 0.406 e. The van der Waals surface area contributed by atoms with Gasteiger partial charge in [-0.2, -0.15) is 13.2 Å². The molecule has 6 nitrogen and oxygen atoms in total. The Balaban J connectivity index is 2.48. The molecule has 2 amide bonds. The number of carbonyl (C=O) groups excluding carboxylic acids is 1. The zero-order valence-electron chi connectivity index (χ0n) is 10.1. The molecule has 1 aliphatic rings. The first-order valence-corrected chi connectivity index (χ1v) is 5.66. The van der Waals surface area contributed by atoms with Crippen molar-refractivity contribution in [2.24, 2.45) is 5.92 Å². The van der Waals surface area contributed by atoms with Crippen molar-refractivity contribution in [3.8, 4) is 0 Å². The van der Waals surface area contributed by atoms with Gasteiger partial charge in [0, 0.05) is 25.6 Å². The number of amides is 2. The van der Waals surface area contributed by atoms with Crippen LogP contribution in [0.2, 0.25) is 0 Å². The lowest BCUT2D eigenvalue weighted by atomic mass is 9.97. The largest absolute Gasteiger partial charge is 0.481 e. The SMILES string of the molecule is O=C(O)CC1CN(C(=O)N(CCO)CC(F)(F)F)C1. The number of carboxylic acid groups (broad SMARTS) is 1. The van der Waals surface area contributed by atoms with Crippen LogP contribution in [0, 0.1) is 5.92 Å². The minimum atomic E-state index is -4.53. The van der Waals surface area contributed by atoms with Gasteiger partial charge in [-0.1, -0.05) is 0 Å². The van der Waals surface area contributed by atoms with Gasteiger partial charge in [0.05, 0.1) is 13.0 Å². The van der Waals surface area contributed by atoms with E-state index < -0.39 is 37.9 Å². The molecule has 0 aliphatic carbocycles. The maximum absolute atomic E-state index is 12.3. The van der Waals surface area contributed by atoms with E-state index in [2.05, 4.69) is 0 Å². The van der Waals surface area contributed by atoms with Crippen molar-refractivity contribution in [2.45, 2.75) is 12.6 Å². The number of hydrogen-bond donors (Lipinski definition) is 2. The molecule has 1 aliphatic heterocycles. The monoisotopic (exact) mass is 284 g/mol. The van der Waals surface area contributed by atoms with Gasteiger partial charge in [-0.15, -0.1) is 0 Å². The number of likely N-dealkylation sites (tertiary alicyclic amines) is 1. The van der Waals surface area contributed by atoms with Crippen LogP contribution in [-0.2, 0) is 4.79 Å². The normalized spacial score (nSPS) is 16.1. The number of carbonyl (C=O) groups is 2. The molecule has 110 valence electrons. The molecule has 0 bridgehead atoms. The van der Waals surface area contributed by atoms with Crippen molar-refractivity contribution in [3.63, 3.8) is 0 Å². The summed E-state index contributed by atoms with van der Waals surface area (Å²) in [5.41, 5.74) is 0. The lowest BCUT2D eigenvalue weighted by molar-refractivity contribution is -0.142. The first-order chi connectivity index (χ1) is 8.73. The summed E-state index contributed by atoms with van der Waals surface area (Å²) in [7, 11) is 0. The Kier molecular flexibility index (Phi) is 4.98. The molecule has 0 aromatic rings. The maximum atomic E-state index is 12.3. The van der Waals surface area contributed by atoms with Gasteiger partial charge in [0.2, 0.25) is 0 Å². The Hall–Kier alpha value is -1.51. The maximum Gasteiger partial charge on any atom is 0.406 e. The van der Waals surface area contributed by atoms with Crippen molar-refractivity contribution >= 4 is 12.0 Å². The van der Waals surface area contributed by atoms with Crippen LogP contribution in [0.5, 0.6) is 0 Å². The summed E-state index contributed by atoms with van der Waals surface area (Å²) in [6.07, 6.45) is -4.64. The molecular weight excluding hydrogens is 269 g/mol. The minimum absolute atomic E-state index is 0.108. The third-order valence-corrected chi connectivity index (χ3v) is 2.70. The highest BCUT2D eigenvalue weighted by atomic mass is 19.4. The molecule has 1 fully saturated rings. The van der Waals surface area contributed by atoms with Crippen molar-refractivity contribution in [3.05, 3.63) is 0 Å². The van der Waals surface area contributed by atoms with Gasteiger partial charge in [0.1, 0.15) is 6.54 Å². The van der Waals surface area contributed by atoms with Crippen LogP contribution in [0.1, 0.15) is 6.42 Å². The van der Waals surface area contributed by atoms with E-state index in [-0.39, 0.29) is 25.4 Å². The first kappa shape index (κ1) is 15.5. The highest BCUT2D eigenvalue weighted by Gasteiger charge is 2.38. The van der Waals surface area contributed by atoms with Crippen molar-refractivity contribution in [2.75, 3.05) is 32.8 Å². The summed E-state index contributed by atoms with van der Waals surface area (Å²) in [5, 5.41) is 17.2. The molecule has 1 rings (SSSR count). The topological polar surface area (TPSA) is 81.1 Å². The quantitative estimate of drug-likeness (QED) is 0.764. The van der Waals surface area contributed by atoms with Gasteiger partial charge < -0.3 is 20.0 Å². The zero-order valence-corrected chi connectivity index (χ0v) is 10.1. The van der Waals surface area contributed by atoms with E-state index in [4.69, 9.17) is 10.2 Å².